The van der Waals surface area contributed by atoms with Gasteiger partial charge in [0.05, 0.1) is 6.61 Å². The molecule has 2 N–H and O–H groups in total. The van der Waals surface area contributed by atoms with Crippen molar-refractivity contribution in [1.82, 2.24) is 4.31 Å². The molecule has 1 aliphatic heterocycles. The first-order chi connectivity index (χ1) is 9.75. The normalized spacial score (nSPS) is 16.7. The molecule has 0 radical (unpaired) electrons. The van der Waals surface area contributed by atoms with Crippen LogP contribution in [0.3, 0.4) is 0 Å². The van der Waals surface area contributed by atoms with Gasteiger partial charge in [0, 0.05) is 18.8 Å². The number of nitrogen functional groups attached to an aromatic ring is 1. The van der Waals surface area contributed by atoms with Gasteiger partial charge < -0.3 is 10.5 Å². The van der Waals surface area contributed by atoms with Gasteiger partial charge in [0.1, 0.15) is 10.6 Å². The van der Waals surface area contributed by atoms with Crippen LogP contribution in [0.2, 0.25) is 0 Å². The molecule has 0 saturated heterocycles. The number of sulfonamides is 1. The first kappa shape index (κ1) is 16.1. The topological polar surface area (TPSA) is 72.6 Å². The number of nitrogens with zero attached hydrogens (tertiary/aromatic N) is 1. The molecule has 0 amide bonds. The van der Waals surface area contributed by atoms with Crippen molar-refractivity contribution in [2.75, 3.05) is 19.4 Å². The highest BCUT2D eigenvalue weighted by Crippen LogP contribution is 2.36. The number of anilines is 1. The van der Waals surface area contributed by atoms with E-state index in [0.717, 1.165) is 18.4 Å². The van der Waals surface area contributed by atoms with Crippen molar-refractivity contribution in [3.8, 4) is 5.75 Å². The fourth-order valence-corrected chi connectivity index (χ4v) is 4.16. The van der Waals surface area contributed by atoms with E-state index in [1.165, 1.54) is 10.4 Å². The van der Waals surface area contributed by atoms with Crippen molar-refractivity contribution in [2.45, 2.75) is 44.6 Å². The van der Waals surface area contributed by atoms with Crippen LogP contribution in [-0.4, -0.2) is 32.4 Å². The van der Waals surface area contributed by atoms with Gasteiger partial charge in [-0.25, -0.2) is 8.42 Å². The molecule has 118 valence electrons. The maximum absolute atomic E-state index is 12.9. The molecule has 0 fully saturated rings. The molecule has 5 nitrogen and oxygen atoms in total. The third-order valence-electron chi connectivity index (χ3n) is 4.19. The van der Waals surface area contributed by atoms with Gasteiger partial charge in [-0.15, -0.1) is 0 Å². The van der Waals surface area contributed by atoms with Crippen molar-refractivity contribution in [3.05, 3.63) is 17.7 Å². The van der Waals surface area contributed by atoms with Crippen LogP contribution in [0, 0.1) is 5.92 Å². The summed E-state index contributed by atoms with van der Waals surface area (Å²) in [6, 6.07) is 3.21. The molecule has 2 rings (SSSR count). The number of benzene rings is 1. The van der Waals surface area contributed by atoms with E-state index in [2.05, 4.69) is 0 Å². The lowest BCUT2D eigenvalue weighted by Gasteiger charge is -2.29. The van der Waals surface area contributed by atoms with Crippen LogP contribution in [0.5, 0.6) is 5.75 Å². The van der Waals surface area contributed by atoms with Gasteiger partial charge in [-0.05, 0) is 43.4 Å². The maximum Gasteiger partial charge on any atom is 0.246 e. The van der Waals surface area contributed by atoms with E-state index in [-0.39, 0.29) is 16.9 Å². The maximum atomic E-state index is 12.9. The molecule has 1 heterocycles. The zero-order chi connectivity index (χ0) is 15.8. The number of rotatable bonds is 4. The summed E-state index contributed by atoms with van der Waals surface area (Å²) >= 11 is 0. The van der Waals surface area contributed by atoms with Gasteiger partial charge in [-0.3, -0.25) is 0 Å². The minimum atomic E-state index is -3.62. The highest BCUT2D eigenvalue weighted by Gasteiger charge is 2.32. The van der Waals surface area contributed by atoms with E-state index in [0.29, 0.717) is 18.0 Å². The Morgan fingerprint density at radius 2 is 1.95 bits per heavy atom. The highest BCUT2D eigenvalue weighted by atomic mass is 32.2. The van der Waals surface area contributed by atoms with Crippen LogP contribution < -0.4 is 10.5 Å². The summed E-state index contributed by atoms with van der Waals surface area (Å²) in [5.74, 6) is 0.695. The standard InChI is InChI=1S/C15H24N2O3S/c1-10(2)11(3)17(4)21(18,19)14-9-13(16)8-12-6-5-7-20-15(12)14/h8-11H,5-7,16H2,1-4H3. The average Bonchev–Trinajstić information content (AvgIpc) is 2.44. The second-order valence-electron chi connectivity index (χ2n) is 5.97. The Balaban J connectivity index is 2.52. The Labute approximate surface area is 127 Å². The Hall–Kier alpha value is -1.27. The van der Waals surface area contributed by atoms with Crippen LogP contribution in [0.25, 0.3) is 0 Å². The number of fused-ring (bicyclic) bond motifs is 1. The summed E-state index contributed by atoms with van der Waals surface area (Å²) in [7, 11) is -2.01. The molecule has 1 aromatic rings. The fourth-order valence-electron chi connectivity index (χ4n) is 2.46. The van der Waals surface area contributed by atoms with Gasteiger partial charge >= 0.3 is 0 Å². The lowest BCUT2D eigenvalue weighted by Crippen LogP contribution is -2.38. The summed E-state index contributed by atoms with van der Waals surface area (Å²) in [6.07, 6.45) is 1.68. The Morgan fingerprint density at radius 1 is 1.29 bits per heavy atom. The zero-order valence-electron chi connectivity index (χ0n) is 13.1. The molecule has 21 heavy (non-hydrogen) atoms. The third-order valence-corrected chi connectivity index (χ3v) is 6.14. The zero-order valence-corrected chi connectivity index (χ0v) is 13.9. The number of ether oxygens (including phenoxy) is 1. The molecule has 0 saturated carbocycles. The van der Waals surface area contributed by atoms with Crippen LogP contribution in [0.1, 0.15) is 32.8 Å². The summed E-state index contributed by atoms with van der Waals surface area (Å²) in [6.45, 7) is 6.45. The molecule has 0 aliphatic carbocycles. The van der Waals surface area contributed by atoms with E-state index in [4.69, 9.17) is 10.5 Å². The molecular weight excluding hydrogens is 288 g/mol. The number of hydrogen-bond acceptors (Lipinski definition) is 4. The van der Waals surface area contributed by atoms with Crippen LogP contribution >= 0.6 is 0 Å². The quantitative estimate of drug-likeness (QED) is 0.866. The van der Waals surface area contributed by atoms with E-state index in [1.54, 1.807) is 13.1 Å². The molecule has 0 aromatic heterocycles. The van der Waals surface area contributed by atoms with Gasteiger partial charge in [-0.2, -0.15) is 4.31 Å². The Morgan fingerprint density at radius 3 is 2.57 bits per heavy atom. The van der Waals surface area contributed by atoms with E-state index >= 15 is 0 Å². The van der Waals surface area contributed by atoms with E-state index in [9.17, 15) is 8.42 Å². The van der Waals surface area contributed by atoms with Crippen molar-refractivity contribution in [3.63, 3.8) is 0 Å². The summed E-state index contributed by atoms with van der Waals surface area (Å²) in [4.78, 5) is 0.187. The second-order valence-corrected chi connectivity index (χ2v) is 7.93. The number of aryl methyl sites for hydroxylation is 1. The third kappa shape index (κ3) is 3.01. The molecule has 0 spiro atoms. The smallest absolute Gasteiger partial charge is 0.246 e. The fraction of sp³-hybridized carbons (Fsp3) is 0.600. The summed E-state index contributed by atoms with van der Waals surface area (Å²) in [5, 5.41) is 0. The van der Waals surface area contributed by atoms with Gasteiger partial charge in [0.2, 0.25) is 10.0 Å². The van der Waals surface area contributed by atoms with Crippen molar-refractivity contribution < 1.29 is 13.2 Å². The van der Waals surface area contributed by atoms with Crippen molar-refractivity contribution in [2.24, 2.45) is 5.92 Å². The molecular formula is C15H24N2O3S. The first-order valence-electron chi connectivity index (χ1n) is 7.28. The molecule has 1 atom stereocenters. The van der Waals surface area contributed by atoms with Crippen LogP contribution in [0.4, 0.5) is 5.69 Å². The summed E-state index contributed by atoms with van der Waals surface area (Å²) < 4.78 is 32.8. The molecule has 6 heteroatoms. The second kappa shape index (κ2) is 5.85. The lowest BCUT2D eigenvalue weighted by molar-refractivity contribution is 0.276. The Kier molecular flexibility index (Phi) is 4.49. The molecule has 0 bridgehead atoms. The number of hydrogen-bond donors (Lipinski definition) is 1. The Bertz CT molecular complexity index is 626. The van der Waals surface area contributed by atoms with E-state index < -0.39 is 10.0 Å². The van der Waals surface area contributed by atoms with E-state index in [1.807, 2.05) is 20.8 Å². The lowest BCUT2D eigenvalue weighted by atomic mass is 10.1. The SMILES string of the molecule is CC(C)C(C)N(C)S(=O)(=O)c1cc(N)cc2c1OCCC2. The molecule has 1 aromatic carbocycles. The largest absolute Gasteiger partial charge is 0.492 e. The monoisotopic (exact) mass is 312 g/mol. The predicted octanol–water partition coefficient (Wildman–Crippen LogP) is 2.26. The van der Waals surface area contributed by atoms with Crippen LogP contribution in [0.15, 0.2) is 17.0 Å². The minimum Gasteiger partial charge on any atom is -0.492 e. The highest BCUT2D eigenvalue weighted by molar-refractivity contribution is 7.89. The first-order valence-corrected chi connectivity index (χ1v) is 8.72. The van der Waals surface area contributed by atoms with Crippen LogP contribution in [-0.2, 0) is 16.4 Å². The predicted molar refractivity (Wildman–Crippen MR) is 83.9 cm³/mol. The average molecular weight is 312 g/mol. The van der Waals surface area contributed by atoms with Crippen molar-refractivity contribution >= 4 is 15.7 Å². The number of nitrogens with two attached hydrogens (primary N) is 1. The molecule has 1 aliphatic rings. The molecule has 1 unspecified atom stereocenters. The summed E-state index contributed by atoms with van der Waals surface area (Å²) in [5.41, 5.74) is 7.22. The van der Waals surface area contributed by atoms with Gasteiger partial charge in [0.15, 0.2) is 0 Å². The van der Waals surface area contributed by atoms with Crippen molar-refractivity contribution in [1.29, 1.82) is 0 Å². The van der Waals surface area contributed by atoms with Gasteiger partial charge in [0.25, 0.3) is 0 Å². The minimum absolute atomic E-state index is 0.101. The van der Waals surface area contributed by atoms with Gasteiger partial charge in [-0.1, -0.05) is 13.8 Å².